The zero-order valence-corrected chi connectivity index (χ0v) is 12.7. The second-order valence-electron chi connectivity index (χ2n) is 5.32. The Morgan fingerprint density at radius 1 is 1.17 bits per heavy atom. The molecule has 0 aliphatic rings. The first-order chi connectivity index (χ1) is 11.5. The van der Waals surface area contributed by atoms with Crippen molar-refractivity contribution in [3.63, 3.8) is 0 Å². The lowest BCUT2D eigenvalue weighted by Gasteiger charge is -2.17. The molecule has 1 aromatic heterocycles. The van der Waals surface area contributed by atoms with Gasteiger partial charge in [-0.25, -0.2) is 13.8 Å². The molecule has 0 radical (unpaired) electrons. The molecule has 0 fully saturated rings. The Morgan fingerprint density at radius 3 is 2.67 bits per heavy atom. The number of nitrogens with zero attached hydrogens (tertiary/aromatic N) is 2. The summed E-state index contributed by atoms with van der Waals surface area (Å²) in [6, 6.07) is 9.78. The van der Waals surface area contributed by atoms with Gasteiger partial charge in [-0.05, 0) is 30.3 Å². The second-order valence-corrected chi connectivity index (χ2v) is 5.32. The van der Waals surface area contributed by atoms with Crippen LogP contribution in [-0.4, -0.2) is 27.8 Å². The molecule has 0 aliphatic heterocycles. The van der Waals surface area contributed by atoms with Gasteiger partial charge in [-0.15, -0.1) is 0 Å². The van der Waals surface area contributed by atoms with Gasteiger partial charge in [0.05, 0.1) is 17.4 Å². The van der Waals surface area contributed by atoms with Gasteiger partial charge in [0.15, 0.2) is 11.6 Å². The third-order valence-electron chi connectivity index (χ3n) is 3.56. The van der Waals surface area contributed by atoms with Crippen molar-refractivity contribution in [1.29, 1.82) is 0 Å². The number of halogens is 2. The van der Waals surface area contributed by atoms with Crippen LogP contribution < -0.4 is 5.56 Å². The van der Waals surface area contributed by atoms with E-state index < -0.39 is 17.5 Å². The minimum Gasteiger partial charge on any atom is -0.334 e. The summed E-state index contributed by atoms with van der Waals surface area (Å²) < 4.78 is 26.2. The smallest absolute Gasteiger partial charge is 0.258 e. The fourth-order valence-corrected chi connectivity index (χ4v) is 2.36. The highest BCUT2D eigenvalue weighted by Crippen LogP contribution is 2.12. The van der Waals surface area contributed by atoms with E-state index in [-0.39, 0.29) is 17.7 Å². The van der Waals surface area contributed by atoms with Crippen molar-refractivity contribution >= 4 is 16.8 Å². The second kappa shape index (κ2) is 6.19. The van der Waals surface area contributed by atoms with Gasteiger partial charge in [-0.2, -0.15) is 0 Å². The molecular weight excluding hydrogens is 316 g/mol. The van der Waals surface area contributed by atoms with Gasteiger partial charge in [0.1, 0.15) is 5.82 Å². The number of H-pyrrole nitrogens is 1. The van der Waals surface area contributed by atoms with Crippen molar-refractivity contribution in [1.82, 2.24) is 14.9 Å². The molecule has 1 heterocycles. The van der Waals surface area contributed by atoms with E-state index in [1.807, 2.05) is 0 Å². The van der Waals surface area contributed by atoms with Gasteiger partial charge < -0.3 is 9.88 Å². The summed E-state index contributed by atoms with van der Waals surface area (Å²) in [5.74, 6) is -2.32. The first kappa shape index (κ1) is 15.8. The lowest BCUT2D eigenvalue weighted by atomic mass is 10.2. The van der Waals surface area contributed by atoms with Crippen LogP contribution in [-0.2, 0) is 6.54 Å². The highest BCUT2D eigenvalue weighted by molar-refractivity contribution is 5.94. The molecule has 0 bridgehead atoms. The maximum absolute atomic E-state index is 13.3. The number of benzene rings is 2. The van der Waals surface area contributed by atoms with E-state index in [4.69, 9.17) is 0 Å². The molecule has 2 aromatic carbocycles. The highest BCUT2D eigenvalue weighted by Gasteiger charge is 2.15. The van der Waals surface area contributed by atoms with Crippen LogP contribution in [0.4, 0.5) is 8.78 Å². The summed E-state index contributed by atoms with van der Waals surface area (Å²) in [6.45, 7) is 0.0257. The molecule has 0 saturated heterocycles. The van der Waals surface area contributed by atoms with Gasteiger partial charge in [-0.1, -0.05) is 12.1 Å². The lowest BCUT2D eigenvalue weighted by Crippen LogP contribution is -2.28. The summed E-state index contributed by atoms with van der Waals surface area (Å²) in [5, 5.41) is 0.454. The van der Waals surface area contributed by atoms with Crippen LogP contribution in [0.1, 0.15) is 16.2 Å². The minimum atomic E-state index is -1.09. The molecule has 1 N–H and O–H groups in total. The molecule has 0 atom stereocenters. The summed E-state index contributed by atoms with van der Waals surface area (Å²) in [7, 11) is 1.48. The summed E-state index contributed by atoms with van der Waals surface area (Å²) in [5.41, 5.74) is 0.230. The number of aromatic amines is 1. The van der Waals surface area contributed by atoms with Crippen molar-refractivity contribution in [2.75, 3.05) is 7.05 Å². The molecule has 3 aromatic rings. The molecule has 1 amide bonds. The van der Waals surface area contributed by atoms with Crippen molar-refractivity contribution in [2.45, 2.75) is 6.54 Å². The van der Waals surface area contributed by atoms with E-state index in [1.54, 1.807) is 24.3 Å². The predicted molar refractivity (Wildman–Crippen MR) is 84.5 cm³/mol. The Balaban J connectivity index is 1.86. The maximum atomic E-state index is 13.3. The standard InChI is InChI=1S/C17H13F2N3O2/c1-22(17(24)10-6-7-12(18)13(19)8-10)9-15-20-14-5-3-2-4-11(14)16(23)21-15/h2-8H,9H2,1H3,(H,20,21,23). The monoisotopic (exact) mass is 329 g/mol. The fraction of sp³-hybridized carbons (Fsp3) is 0.118. The van der Waals surface area contributed by atoms with E-state index >= 15 is 0 Å². The van der Waals surface area contributed by atoms with Crippen LogP contribution in [0.25, 0.3) is 10.9 Å². The molecule has 0 spiro atoms. The maximum Gasteiger partial charge on any atom is 0.258 e. The molecule has 0 unspecified atom stereocenters. The number of carbonyl (C=O) groups is 1. The first-order valence-electron chi connectivity index (χ1n) is 7.14. The topological polar surface area (TPSA) is 66.1 Å². The summed E-state index contributed by atoms with van der Waals surface area (Å²) in [4.78, 5) is 32.5. The Bertz CT molecular complexity index is 985. The van der Waals surface area contributed by atoms with Crippen LogP contribution in [0.3, 0.4) is 0 Å². The van der Waals surface area contributed by atoms with Gasteiger partial charge in [-0.3, -0.25) is 9.59 Å². The zero-order chi connectivity index (χ0) is 17.3. The Morgan fingerprint density at radius 2 is 1.92 bits per heavy atom. The number of para-hydroxylation sites is 1. The number of amides is 1. The molecule has 5 nitrogen and oxygen atoms in total. The van der Waals surface area contributed by atoms with Crippen LogP contribution >= 0.6 is 0 Å². The zero-order valence-electron chi connectivity index (χ0n) is 12.7. The minimum absolute atomic E-state index is 0.0135. The van der Waals surface area contributed by atoms with Crippen molar-refractivity contribution in [2.24, 2.45) is 0 Å². The van der Waals surface area contributed by atoms with Crippen LogP contribution in [0, 0.1) is 11.6 Å². The van der Waals surface area contributed by atoms with Gasteiger partial charge >= 0.3 is 0 Å². The number of rotatable bonds is 3. The Labute approximate surface area is 135 Å². The SMILES string of the molecule is CN(Cc1nc2ccccc2c(=O)[nH]1)C(=O)c1ccc(F)c(F)c1. The largest absolute Gasteiger partial charge is 0.334 e. The quantitative estimate of drug-likeness (QED) is 0.803. The summed E-state index contributed by atoms with van der Waals surface area (Å²) >= 11 is 0. The van der Waals surface area contributed by atoms with Crippen molar-refractivity contribution in [3.05, 3.63) is 75.8 Å². The van der Waals surface area contributed by atoms with E-state index in [0.29, 0.717) is 16.7 Å². The van der Waals surface area contributed by atoms with E-state index in [0.717, 1.165) is 12.1 Å². The number of hydrogen-bond donors (Lipinski definition) is 1. The van der Waals surface area contributed by atoms with Crippen molar-refractivity contribution < 1.29 is 13.6 Å². The van der Waals surface area contributed by atoms with Gasteiger partial charge in [0, 0.05) is 12.6 Å². The third-order valence-corrected chi connectivity index (χ3v) is 3.56. The first-order valence-corrected chi connectivity index (χ1v) is 7.14. The highest BCUT2D eigenvalue weighted by atomic mass is 19.2. The number of hydrogen-bond acceptors (Lipinski definition) is 3. The molecule has 24 heavy (non-hydrogen) atoms. The predicted octanol–water partition coefficient (Wildman–Crippen LogP) is 2.47. The molecular formula is C17H13F2N3O2. The molecule has 0 aliphatic carbocycles. The fourth-order valence-electron chi connectivity index (χ4n) is 2.36. The number of fused-ring (bicyclic) bond motifs is 1. The van der Waals surface area contributed by atoms with Gasteiger partial charge in [0.25, 0.3) is 11.5 Å². The Kier molecular flexibility index (Phi) is 4.07. The average Bonchev–Trinajstić information content (AvgIpc) is 2.56. The van der Waals surface area contributed by atoms with Crippen LogP contribution in [0.15, 0.2) is 47.3 Å². The number of carbonyl (C=O) groups excluding carboxylic acids is 1. The normalized spacial score (nSPS) is 10.8. The van der Waals surface area contributed by atoms with E-state index in [1.165, 1.54) is 18.0 Å². The van der Waals surface area contributed by atoms with Crippen LogP contribution in [0.2, 0.25) is 0 Å². The van der Waals surface area contributed by atoms with E-state index in [2.05, 4.69) is 9.97 Å². The Hall–Kier alpha value is -3.09. The van der Waals surface area contributed by atoms with Gasteiger partial charge in [0.2, 0.25) is 0 Å². The molecule has 7 heteroatoms. The number of aromatic nitrogens is 2. The average molecular weight is 329 g/mol. The third kappa shape index (κ3) is 3.01. The lowest BCUT2D eigenvalue weighted by molar-refractivity contribution is 0.0781. The number of nitrogens with one attached hydrogen (secondary N) is 1. The summed E-state index contributed by atoms with van der Waals surface area (Å²) in [6.07, 6.45) is 0. The molecule has 3 rings (SSSR count). The molecule has 122 valence electrons. The van der Waals surface area contributed by atoms with Crippen LogP contribution in [0.5, 0.6) is 0 Å². The van der Waals surface area contributed by atoms with Crippen molar-refractivity contribution in [3.8, 4) is 0 Å². The van der Waals surface area contributed by atoms with E-state index in [9.17, 15) is 18.4 Å². The molecule has 0 saturated carbocycles.